The van der Waals surface area contributed by atoms with E-state index in [0.29, 0.717) is 24.0 Å². The van der Waals surface area contributed by atoms with E-state index in [1.807, 2.05) is 5.01 Å². The first kappa shape index (κ1) is 15.1. The third-order valence-electron chi connectivity index (χ3n) is 2.71. The highest BCUT2D eigenvalue weighted by atomic mass is 32.2. The molecular weight excluding hydrogens is 300 g/mol. The lowest BCUT2D eigenvalue weighted by molar-refractivity contribution is 0.0252. The molecular formula is C11H16N4O3S2. The molecule has 9 heteroatoms. The van der Waals surface area contributed by atoms with Gasteiger partial charge in [-0.1, -0.05) is 0 Å². The van der Waals surface area contributed by atoms with Gasteiger partial charge in [-0.15, -0.1) is 0 Å². The number of benzene rings is 1. The predicted octanol–water partition coefficient (Wildman–Crippen LogP) is -0.132. The maximum Gasteiger partial charge on any atom is 0.238 e. The van der Waals surface area contributed by atoms with Crippen LogP contribution in [0.2, 0.25) is 0 Å². The summed E-state index contributed by atoms with van der Waals surface area (Å²) in [6.45, 7) is 2.84. The molecule has 4 N–H and O–H groups in total. The number of nitrogens with one attached hydrogen (secondary N) is 2. The molecule has 1 aromatic rings. The Bertz CT molecular complexity index is 568. The van der Waals surface area contributed by atoms with Gasteiger partial charge in [-0.3, -0.25) is 5.43 Å². The molecule has 110 valence electrons. The third-order valence-corrected chi connectivity index (χ3v) is 3.83. The summed E-state index contributed by atoms with van der Waals surface area (Å²) in [5, 5.41) is 10.4. The summed E-state index contributed by atoms with van der Waals surface area (Å²) in [6.07, 6.45) is 0. The molecule has 7 nitrogen and oxygen atoms in total. The van der Waals surface area contributed by atoms with Crippen LogP contribution in [0, 0.1) is 0 Å². The van der Waals surface area contributed by atoms with E-state index in [0.717, 1.165) is 13.1 Å². The number of sulfonamides is 1. The van der Waals surface area contributed by atoms with Gasteiger partial charge in [0.15, 0.2) is 5.11 Å². The van der Waals surface area contributed by atoms with E-state index in [2.05, 4.69) is 10.7 Å². The molecule has 0 spiro atoms. The Morgan fingerprint density at radius 1 is 1.25 bits per heavy atom. The van der Waals surface area contributed by atoms with Crippen LogP contribution in [0.1, 0.15) is 0 Å². The van der Waals surface area contributed by atoms with Crippen molar-refractivity contribution in [1.82, 2.24) is 10.4 Å². The molecule has 0 aliphatic carbocycles. The lowest BCUT2D eigenvalue weighted by Crippen LogP contribution is -2.49. The Balaban J connectivity index is 1.91. The van der Waals surface area contributed by atoms with E-state index >= 15 is 0 Å². The van der Waals surface area contributed by atoms with Crippen LogP contribution in [0.4, 0.5) is 5.69 Å². The summed E-state index contributed by atoms with van der Waals surface area (Å²) in [7, 11) is -3.67. The second-order valence-electron chi connectivity index (χ2n) is 4.23. The van der Waals surface area contributed by atoms with Gasteiger partial charge in [-0.05, 0) is 36.5 Å². The average molecular weight is 316 g/mol. The van der Waals surface area contributed by atoms with Crippen LogP contribution in [0.15, 0.2) is 29.2 Å². The molecule has 0 radical (unpaired) electrons. The van der Waals surface area contributed by atoms with Crippen molar-refractivity contribution in [3.8, 4) is 0 Å². The van der Waals surface area contributed by atoms with Crippen LogP contribution in [-0.2, 0) is 14.8 Å². The molecule has 2 rings (SSSR count). The molecule has 0 amide bonds. The van der Waals surface area contributed by atoms with Crippen LogP contribution < -0.4 is 15.9 Å². The molecule has 0 aromatic heterocycles. The highest BCUT2D eigenvalue weighted by Gasteiger charge is 2.11. The topological polar surface area (TPSA) is 96.7 Å². The van der Waals surface area contributed by atoms with Crippen molar-refractivity contribution in [2.45, 2.75) is 4.90 Å². The molecule has 1 heterocycles. The minimum Gasteiger partial charge on any atom is -0.379 e. The predicted molar refractivity (Wildman–Crippen MR) is 79.6 cm³/mol. The maximum atomic E-state index is 11.1. The van der Waals surface area contributed by atoms with Gasteiger partial charge in [-0.2, -0.15) is 0 Å². The first-order valence-corrected chi connectivity index (χ1v) is 7.94. The highest BCUT2D eigenvalue weighted by Crippen LogP contribution is 2.12. The minimum absolute atomic E-state index is 0.0649. The summed E-state index contributed by atoms with van der Waals surface area (Å²) in [5.41, 5.74) is 3.73. The van der Waals surface area contributed by atoms with E-state index in [1.54, 1.807) is 12.1 Å². The first-order valence-electron chi connectivity index (χ1n) is 5.98. The lowest BCUT2D eigenvalue weighted by Gasteiger charge is -2.28. The van der Waals surface area contributed by atoms with E-state index in [9.17, 15) is 8.42 Å². The number of nitrogens with two attached hydrogens (primary N) is 1. The Labute approximate surface area is 123 Å². The molecule has 1 fully saturated rings. The highest BCUT2D eigenvalue weighted by molar-refractivity contribution is 7.89. The average Bonchev–Trinajstić information content (AvgIpc) is 2.39. The van der Waals surface area contributed by atoms with Crippen molar-refractivity contribution >= 4 is 33.0 Å². The second-order valence-corrected chi connectivity index (χ2v) is 6.20. The quantitative estimate of drug-likeness (QED) is 0.668. The standard InChI is InChI=1S/C11H16N4O3S2/c12-20(16,17)10-3-1-9(2-4-10)13-11(19)14-15-5-7-18-8-6-15/h1-4H,5-8H2,(H2,12,16,17)(H2,13,14,19). The monoisotopic (exact) mass is 316 g/mol. The Hall–Kier alpha value is -1.26. The molecule has 1 aliphatic heterocycles. The Kier molecular flexibility index (Phi) is 4.89. The van der Waals surface area contributed by atoms with Gasteiger partial charge in [0.05, 0.1) is 18.1 Å². The summed E-state index contributed by atoms with van der Waals surface area (Å²) >= 11 is 5.18. The minimum atomic E-state index is -3.67. The number of thiocarbonyl (C=S) groups is 1. The Morgan fingerprint density at radius 3 is 2.40 bits per heavy atom. The summed E-state index contributed by atoms with van der Waals surface area (Å²) < 4.78 is 27.5. The molecule has 0 unspecified atom stereocenters. The largest absolute Gasteiger partial charge is 0.379 e. The number of hydrogen-bond acceptors (Lipinski definition) is 5. The van der Waals surface area contributed by atoms with Gasteiger partial charge < -0.3 is 10.1 Å². The van der Waals surface area contributed by atoms with Crippen LogP contribution in [-0.4, -0.2) is 44.8 Å². The molecule has 1 aliphatic rings. The van der Waals surface area contributed by atoms with Crippen LogP contribution in [0.5, 0.6) is 0 Å². The number of anilines is 1. The molecule has 1 aromatic carbocycles. The van der Waals surface area contributed by atoms with Gasteiger partial charge in [0.1, 0.15) is 0 Å². The summed E-state index contributed by atoms with van der Waals surface area (Å²) in [6, 6.07) is 6.06. The van der Waals surface area contributed by atoms with Crippen molar-refractivity contribution in [1.29, 1.82) is 0 Å². The third kappa shape index (κ3) is 4.39. The van der Waals surface area contributed by atoms with Crippen LogP contribution >= 0.6 is 12.2 Å². The summed E-state index contributed by atoms with van der Waals surface area (Å²) in [4.78, 5) is 0.0649. The fourth-order valence-electron chi connectivity index (χ4n) is 1.71. The van der Waals surface area contributed by atoms with Gasteiger partial charge in [0, 0.05) is 18.8 Å². The van der Waals surface area contributed by atoms with Gasteiger partial charge in [-0.25, -0.2) is 18.6 Å². The number of hydrogen-bond donors (Lipinski definition) is 3. The zero-order valence-corrected chi connectivity index (χ0v) is 12.3. The smallest absolute Gasteiger partial charge is 0.238 e. The second kappa shape index (κ2) is 6.46. The SMILES string of the molecule is NS(=O)(=O)c1ccc(NC(=S)NN2CCOCC2)cc1. The van der Waals surface area contributed by atoms with Gasteiger partial charge >= 0.3 is 0 Å². The van der Waals surface area contributed by atoms with Gasteiger partial charge in [0.2, 0.25) is 10.0 Å². The zero-order chi connectivity index (χ0) is 14.6. The van der Waals surface area contributed by atoms with Crippen molar-refractivity contribution in [2.75, 3.05) is 31.6 Å². The molecule has 0 bridgehead atoms. The Morgan fingerprint density at radius 2 is 1.85 bits per heavy atom. The molecule has 0 atom stereocenters. The number of ether oxygens (including phenoxy) is 1. The van der Waals surface area contributed by atoms with E-state index < -0.39 is 10.0 Å². The maximum absolute atomic E-state index is 11.1. The molecule has 1 saturated heterocycles. The fraction of sp³-hybridized carbons (Fsp3) is 0.364. The molecule has 0 saturated carbocycles. The normalized spacial score (nSPS) is 16.6. The van der Waals surface area contributed by atoms with Crippen molar-refractivity contribution in [3.63, 3.8) is 0 Å². The van der Waals surface area contributed by atoms with Crippen molar-refractivity contribution < 1.29 is 13.2 Å². The van der Waals surface area contributed by atoms with Gasteiger partial charge in [0.25, 0.3) is 0 Å². The van der Waals surface area contributed by atoms with Crippen molar-refractivity contribution in [3.05, 3.63) is 24.3 Å². The number of rotatable bonds is 3. The zero-order valence-electron chi connectivity index (χ0n) is 10.7. The number of hydrazine groups is 1. The first-order chi connectivity index (χ1) is 9.45. The van der Waals surface area contributed by atoms with Crippen LogP contribution in [0.25, 0.3) is 0 Å². The fourth-order valence-corrected chi connectivity index (χ4v) is 2.47. The summed E-state index contributed by atoms with van der Waals surface area (Å²) in [5.74, 6) is 0. The number of morpholine rings is 1. The number of nitrogens with zero attached hydrogens (tertiary/aromatic N) is 1. The van der Waals surface area contributed by atoms with Crippen LogP contribution in [0.3, 0.4) is 0 Å². The van der Waals surface area contributed by atoms with E-state index in [1.165, 1.54) is 12.1 Å². The van der Waals surface area contributed by atoms with E-state index in [4.69, 9.17) is 22.1 Å². The lowest BCUT2D eigenvalue weighted by atomic mass is 10.3. The van der Waals surface area contributed by atoms with Crippen molar-refractivity contribution in [2.24, 2.45) is 5.14 Å². The molecule has 20 heavy (non-hydrogen) atoms. The number of primary sulfonamides is 1. The van der Waals surface area contributed by atoms with E-state index in [-0.39, 0.29) is 4.90 Å².